The first-order chi connectivity index (χ1) is 9.88. The van der Waals surface area contributed by atoms with E-state index in [-0.39, 0.29) is 17.4 Å². The van der Waals surface area contributed by atoms with Gasteiger partial charge in [0.1, 0.15) is 11.6 Å². The number of hydrogen-bond acceptors (Lipinski definition) is 5. The topological polar surface area (TPSA) is 59.9 Å². The Labute approximate surface area is 123 Å². The van der Waals surface area contributed by atoms with Gasteiger partial charge in [0, 0.05) is 24.9 Å². The molecule has 0 aliphatic heterocycles. The number of nitrogens with zero attached hydrogens (tertiary/aromatic N) is 3. The largest absolute Gasteiger partial charge is 0.451 e. The van der Waals surface area contributed by atoms with Crippen LogP contribution in [0.5, 0.6) is 11.6 Å². The first-order valence-corrected chi connectivity index (χ1v) is 6.25. The van der Waals surface area contributed by atoms with Crippen molar-refractivity contribution in [3.8, 4) is 11.6 Å². The van der Waals surface area contributed by atoms with Crippen LogP contribution in [-0.4, -0.2) is 21.5 Å². The van der Waals surface area contributed by atoms with E-state index in [1.54, 1.807) is 6.92 Å². The second-order valence-corrected chi connectivity index (χ2v) is 4.32. The number of halogens is 4. The van der Waals surface area contributed by atoms with Gasteiger partial charge in [-0.25, -0.2) is 4.98 Å². The minimum Gasteiger partial charge on any atom is -0.437 e. The number of anilines is 1. The van der Waals surface area contributed by atoms with E-state index in [0.29, 0.717) is 11.6 Å². The fourth-order valence-corrected chi connectivity index (χ4v) is 1.61. The molecule has 2 heterocycles. The first kappa shape index (κ1) is 15.3. The highest BCUT2D eigenvalue weighted by Gasteiger charge is 2.35. The summed E-state index contributed by atoms with van der Waals surface area (Å²) in [5.41, 5.74) is 0. The summed E-state index contributed by atoms with van der Waals surface area (Å²) >= 11 is 5.73. The van der Waals surface area contributed by atoms with Gasteiger partial charge in [0.05, 0.1) is 11.2 Å². The van der Waals surface area contributed by atoms with Crippen LogP contribution >= 0.6 is 11.6 Å². The monoisotopic (exact) mass is 318 g/mol. The fourth-order valence-electron chi connectivity index (χ4n) is 1.44. The van der Waals surface area contributed by atoms with Crippen LogP contribution in [0, 0.1) is 0 Å². The van der Waals surface area contributed by atoms with E-state index in [4.69, 9.17) is 16.3 Å². The molecule has 0 aliphatic carbocycles. The lowest BCUT2D eigenvalue weighted by Crippen LogP contribution is -2.13. The second kappa shape index (κ2) is 6.13. The number of pyridine rings is 1. The van der Waals surface area contributed by atoms with Gasteiger partial charge in [0.2, 0.25) is 11.7 Å². The molecule has 2 aromatic rings. The maximum atomic E-state index is 12.7. The lowest BCUT2D eigenvalue weighted by atomic mass is 10.4. The molecule has 0 amide bonds. The Morgan fingerprint density at radius 3 is 2.62 bits per heavy atom. The van der Waals surface area contributed by atoms with Crippen molar-refractivity contribution in [2.75, 3.05) is 11.9 Å². The van der Waals surface area contributed by atoms with E-state index in [1.165, 1.54) is 24.5 Å². The smallest absolute Gasteiger partial charge is 0.437 e. The summed E-state index contributed by atoms with van der Waals surface area (Å²) in [6, 6.07) is 2.68. The van der Waals surface area contributed by atoms with Gasteiger partial charge >= 0.3 is 6.18 Å². The average Bonchev–Trinajstić information content (AvgIpc) is 2.37. The van der Waals surface area contributed by atoms with E-state index in [0.717, 1.165) is 0 Å². The van der Waals surface area contributed by atoms with Crippen LogP contribution in [0.1, 0.15) is 12.7 Å². The Bertz CT molecular complexity index is 636. The molecule has 0 unspecified atom stereocenters. The molecule has 21 heavy (non-hydrogen) atoms. The standard InChI is InChI=1S/C12H10ClF3N4O/c1-2-18-9-4-10(20-11(19-9)12(14,15)16)21-8-3-7(13)5-17-6-8/h3-6H,2H2,1H3,(H,18,19,20). The Morgan fingerprint density at radius 2 is 2.00 bits per heavy atom. The Balaban J connectivity index is 2.35. The molecule has 0 radical (unpaired) electrons. The summed E-state index contributed by atoms with van der Waals surface area (Å²) in [4.78, 5) is 10.5. The summed E-state index contributed by atoms with van der Waals surface area (Å²) < 4.78 is 43.5. The van der Waals surface area contributed by atoms with Gasteiger partial charge in [-0.1, -0.05) is 11.6 Å². The average molecular weight is 319 g/mol. The van der Waals surface area contributed by atoms with Crippen molar-refractivity contribution >= 4 is 17.4 Å². The highest BCUT2D eigenvalue weighted by atomic mass is 35.5. The van der Waals surface area contributed by atoms with Crippen LogP contribution in [-0.2, 0) is 6.18 Å². The third kappa shape index (κ3) is 4.19. The molecule has 0 bridgehead atoms. The molecular weight excluding hydrogens is 309 g/mol. The van der Waals surface area contributed by atoms with Crippen molar-refractivity contribution in [1.82, 2.24) is 15.0 Å². The molecule has 2 aromatic heterocycles. The zero-order valence-corrected chi connectivity index (χ0v) is 11.5. The Morgan fingerprint density at radius 1 is 1.24 bits per heavy atom. The fraction of sp³-hybridized carbons (Fsp3) is 0.250. The molecule has 1 N–H and O–H groups in total. The molecule has 112 valence electrons. The molecule has 0 fully saturated rings. The molecule has 0 aromatic carbocycles. The lowest BCUT2D eigenvalue weighted by Gasteiger charge is -2.11. The summed E-state index contributed by atoms with van der Waals surface area (Å²) in [5, 5.41) is 2.98. The summed E-state index contributed by atoms with van der Waals surface area (Å²) in [5.74, 6) is -1.34. The van der Waals surface area contributed by atoms with Crippen LogP contribution in [0.3, 0.4) is 0 Å². The third-order valence-electron chi connectivity index (χ3n) is 2.22. The van der Waals surface area contributed by atoms with Crippen molar-refractivity contribution in [3.63, 3.8) is 0 Å². The second-order valence-electron chi connectivity index (χ2n) is 3.88. The van der Waals surface area contributed by atoms with Crippen LogP contribution in [0.25, 0.3) is 0 Å². The van der Waals surface area contributed by atoms with Gasteiger partial charge in [-0.05, 0) is 6.92 Å². The van der Waals surface area contributed by atoms with Crippen molar-refractivity contribution < 1.29 is 17.9 Å². The summed E-state index contributed by atoms with van der Waals surface area (Å²) in [6.07, 6.45) is -1.98. The number of nitrogens with one attached hydrogen (secondary N) is 1. The maximum absolute atomic E-state index is 12.7. The highest BCUT2D eigenvalue weighted by molar-refractivity contribution is 6.30. The van der Waals surface area contributed by atoms with Crippen LogP contribution in [0.2, 0.25) is 5.02 Å². The third-order valence-corrected chi connectivity index (χ3v) is 2.42. The van der Waals surface area contributed by atoms with Crippen LogP contribution < -0.4 is 10.1 Å². The van der Waals surface area contributed by atoms with Gasteiger partial charge < -0.3 is 10.1 Å². The van der Waals surface area contributed by atoms with E-state index in [2.05, 4.69) is 20.3 Å². The van der Waals surface area contributed by atoms with E-state index in [9.17, 15) is 13.2 Å². The minimum atomic E-state index is -4.67. The number of rotatable bonds is 4. The van der Waals surface area contributed by atoms with Gasteiger partial charge in [-0.3, -0.25) is 4.98 Å². The van der Waals surface area contributed by atoms with Crippen molar-refractivity contribution in [2.45, 2.75) is 13.1 Å². The number of ether oxygens (including phenoxy) is 1. The Kier molecular flexibility index (Phi) is 4.46. The molecule has 0 saturated carbocycles. The van der Waals surface area contributed by atoms with Crippen molar-refractivity contribution in [2.24, 2.45) is 0 Å². The van der Waals surface area contributed by atoms with Crippen LogP contribution in [0.15, 0.2) is 24.5 Å². The van der Waals surface area contributed by atoms with Gasteiger partial charge in [0.15, 0.2) is 0 Å². The summed E-state index contributed by atoms with van der Waals surface area (Å²) in [7, 11) is 0. The molecule has 5 nitrogen and oxygen atoms in total. The van der Waals surface area contributed by atoms with E-state index >= 15 is 0 Å². The molecule has 2 rings (SSSR count). The first-order valence-electron chi connectivity index (χ1n) is 5.87. The van der Waals surface area contributed by atoms with E-state index < -0.39 is 12.0 Å². The quantitative estimate of drug-likeness (QED) is 0.930. The van der Waals surface area contributed by atoms with Gasteiger partial charge in [0.25, 0.3) is 0 Å². The lowest BCUT2D eigenvalue weighted by molar-refractivity contribution is -0.145. The molecule has 0 atom stereocenters. The van der Waals surface area contributed by atoms with Crippen molar-refractivity contribution in [3.05, 3.63) is 35.4 Å². The Hall–Kier alpha value is -2.09. The van der Waals surface area contributed by atoms with Gasteiger partial charge in [-0.2, -0.15) is 18.2 Å². The molecular formula is C12H10ClF3N4O. The molecule has 0 spiro atoms. The number of hydrogen-bond donors (Lipinski definition) is 1. The normalized spacial score (nSPS) is 11.3. The molecule has 0 saturated heterocycles. The maximum Gasteiger partial charge on any atom is 0.451 e. The summed E-state index contributed by atoms with van der Waals surface area (Å²) in [6.45, 7) is 2.14. The van der Waals surface area contributed by atoms with E-state index in [1.807, 2.05) is 0 Å². The predicted octanol–water partition coefficient (Wildman–Crippen LogP) is 3.77. The number of alkyl halides is 3. The number of aromatic nitrogens is 3. The zero-order valence-electron chi connectivity index (χ0n) is 10.8. The van der Waals surface area contributed by atoms with Crippen LogP contribution in [0.4, 0.5) is 19.0 Å². The zero-order chi connectivity index (χ0) is 15.5. The van der Waals surface area contributed by atoms with Gasteiger partial charge in [-0.15, -0.1) is 0 Å². The molecule has 0 aliphatic rings. The van der Waals surface area contributed by atoms with Crippen molar-refractivity contribution in [1.29, 1.82) is 0 Å². The highest BCUT2D eigenvalue weighted by Crippen LogP contribution is 2.30. The predicted molar refractivity (Wildman–Crippen MR) is 70.5 cm³/mol. The SMILES string of the molecule is CCNc1cc(Oc2cncc(Cl)c2)nc(C(F)(F)F)n1. The molecule has 9 heteroatoms. The minimum absolute atomic E-state index is 0.0183.